The van der Waals surface area contributed by atoms with Crippen LogP contribution in [0.4, 0.5) is 0 Å². The Bertz CT molecular complexity index is 1170. The standard InChI is InChI=1S/C23H24N4O2/c1-14-11-17-20(26-29-21(17)12-15(14)2)13-22(28)27-9-7-16(8-10-27)23-24-18-5-3-4-6-19(18)25-23/h3-6,11-12,16H,7-10,13H2,1-2H3,(H,24,25). The third-order valence-corrected chi connectivity index (χ3v) is 6.12. The van der Waals surface area contributed by atoms with Gasteiger partial charge >= 0.3 is 0 Å². The Morgan fingerprint density at radius 1 is 1.17 bits per heavy atom. The van der Waals surface area contributed by atoms with Crippen molar-refractivity contribution in [3.63, 3.8) is 0 Å². The molecular formula is C23H24N4O2. The van der Waals surface area contributed by atoms with Crippen molar-refractivity contribution in [2.24, 2.45) is 0 Å². The number of aromatic amines is 1. The maximum absolute atomic E-state index is 12.9. The molecule has 1 fully saturated rings. The minimum atomic E-state index is 0.112. The fourth-order valence-electron chi connectivity index (χ4n) is 4.19. The zero-order chi connectivity index (χ0) is 20.0. The number of carbonyl (C=O) groups is 1. The fourth-order valence-corrected chi connectivity index (χ4v) is 4.19. The van der Waals surface area contributed by atoms with E-state index in [1.54, 1.807) is 0 Å². The predicted molar refractivity (Wildman–Crippen MR) is 112 cm³/mol. The largest absolute Gasteiger partial charge is 0.356 e. The second kappa shape index (κ2) is 7.03. The van der Waals surface area contributed by atoms with E-state index in [1.165, 1.54) is 11.1 Å². The van der Waals surface area contributed by atoms with E-state index in [1.807, 2.05) is 36.1 Å². The third kappa shape index (κ3) is 3.28. The summed E-state index contributed by atoms with van der Waals surface area (Å²) in [5.41, 5.74) is 5.90. The van der Waals surface area contributed by atoms with Gasteiger partial charge in [-0.25, -0.2) is 4.98 Å². The van der Waals surface area contributed by atoms with Gasteiger partial charge in [-0.2, -0.15) is 0 Å². The Morgan fingerprint density at radius 2 is 1.93 bits per heavy atom. The number of aryl methyl sites for hydroxylation is 2. The molecule has 6 heteroatoms. The molecule has 0 saturated carbocycles. The molecule has 29 heavy (non-hydrogen) atoms. The van der Waals surface area contributed by atoms with Gasteiger partial charge in [-0.05, 0) is 62.1 Å². The highest BCUT2D eigenvalue weighted by molar-refractivity contribution is 5.87. The molecule has 3 heterocycles. The Balaban J connectivity index is 1.26. The average Bonchev–Trinajstić information content (AvgIpc) is 3.33. The molecule has 2 aromatic heterocycles. The number of aromatic nitrogens is 3. The van der Waals surface area contributed by atoms with Gasteiger partial charge in [0.15, 0.2) is 5.58 Å². The Labute approximate surface area is 168 Å². The van der Waals surface area contributed by atoms with Gasteiger partial charge in [0.1, 0.15) is 11.5 Å². The molecule has 0 unspecified atom stereocenters. The van der Waals surface area contributed by atoms with E-state index in [2.05, 4.69) is 29.2 Å². The van der Waals surface area contributed by atoms with Crippen LogP contribution in [0, 0.1) is 13.8 Å². The van der Waals surface area contributed by atoms with Crippen molar-refractivity contribution in [2.75, 3.05) is 13.1 Å². The number of benzene rings is 2. The number of fused-ring (bicyclic) bond motifs is 2. The van der Waals surface area contributed by atoms with Gasteiger partial charge in [0.05, 0.1) is 17.5 Å². The molecule has 1 aliphatic rings. The van der Waals surface area contributed by atoms with Crippen LogP contribution < -0.4 is 0 Å². The monoisotopic (exact) mass is 388 g/mol. The topological polar surface area (TPSA) is 75.0 Å². The summed E-state index contributed by atoms with van der Waals surface area (Å²) in [6.45, 7) is 5.60. The fraction of sp³-hybridized carbons (Fsp3) is 0.348. The summed E-state index contributed by atoms with van der Waals surface area (Å²) in [7, 11) is 0. The van der Waals surface area contributed by atoms with Crippen molar-refractivity contribution in [3.8, 4) is 0 Å². The van der Waals surface area contributed by atoms with E-state index >= 15 is 0 Å². The van der Waals surface area contributed by atoms with Crippen molar-refractivity contribution >= 4 is 27.9 Å². The second-order valence-electron chi connectivity index (χ2n) is 8.03. The molecule has 0 atom stereocenters. The lowest BCUT2D eigenvalue weighted by atomic mass is 9.95. The third-order valence-electron chi connectivity index (χ3n) is 6.12. The highest BCUT2D eigenvalue weighted by Crippen LogP contribution is 2.29. The van der Waals surface area contributed by atoms with Crippen LogP contribution in [0.25, 0.3) is 22.0 Å². The Hall–Kier alpha value is -3.15. The first-order chi connectivity index (χ1) is 14.1. The number of imidazole rings is 1. The maximum Gasteiger partial charge on any atom is 0.228 e. The Kier molecular flexibility index (Phi) is 4.34. The molecule has 5 rings (SSSR count). The van der Waals surface area contributed by atoms with Crippen molar-refractivity contribution in [1.82, 2.24) is 20.0 Å². The van der Waals surface area contributed by atoms with E-state index in [9.17, 15) is 4.79 Å². The summed E-state index contributed by atoms with van der Waals surface area (Å²) in [5.74, 6) is 1.51. The van der Waals surface area contributed by atoms with Crippen LogP contribution in [0.1, 0.15) is 41.4 Å². The van der Waals surface area contributed by atoms with E-state index in [0.29, 0.717) is 5.92 Å². The summed E-state index contributed by atoms with van der Waals surface area (Å²) in [4.78, 5) is 23.0. The lowest BCUT2D eigenvalue weighted by Crippen LogP contribution is -2.39. The first-order valence-corrected chi connectivity index (χ1v) is 10.2. The average molecular weight is 388 g/mol. The lowest BCUT2D eigenvalue weighted by molar-refractivity contribution is -0.131. The molecule has 1 saturated heterocycles. The van der Waals surface area contributed by atoms with Crippen molar-refractivity contribution in [1.29, 1.82) is 0 Å². The van der Waals surface area contributed by atoms with Crippen LogP contribution in [0.2, 0.25) is 0 Å². The van der Waals surface area contributed by atoms with Gasteiger partial charge in [0.25, 0.3) is 0 Å². The van der Waals surface area contributed by atoms with E-state index in [4.69, 9.17) is 9.51 Å². The number of hydrogen-bond donors (Lipinski definition) is 1. The summed E-state index contributed by atoms with van der Waals surface area (Å²) in [5, 5.41) is 5.10. The van der Waals surface area contributed by atoms with Crippen molar-refractivity contribution in [2.45, 2.75) is 39.0 Å². The van der Waals surface area contributed by atoms with Crippen LogP contribution in [0.3, 0.4) is 0 Å². The number of carbonyl (C=O) groups excluding carboxylic acids is 1. The smallest absolute Gasteiger partial charge is 0.228 e. The molecule has 0 aliphatic carbocycles. The normalized spacial score (nSPS) is 15.4. The minimum absolute atomic E-state index is 0.112. The number of hydrogen-bond acceptors (Lipinski definition) is 4. The van der Waals surface area contributed by atoms with Gasteiger partial charge in [0, 0.05) is 24.4 Å². The molecule has 4 aromatic rings. The van der Waals surface area contributed by atoms with E-state index < -0.39 is 0 Å². The molecular weight excluding hydrogens is 364 g/mol. The number of amides is 1. The summed E-state index contributed by atoms with van der Waals surface area (Å²) in [6.07, 6.45) is 2.12. The number of para-hydroxylation sites is 2. The molecule has 0 spiro atoms. The van der Waals surface area contributed by atoms with Crippen LogP contribution in [0.5, 0.6) is 0 Å². The molecule has 0 radical (unpaired) electrons. The molecule has 1 aliphatic heterocycles. The first-order valence-electron chi connectivity index (χ1n) is 10.2. The van der Waals surface area contributed by atoms with E-state index in [0.717, 1.165) is 59.5 Å². The van der Waals surface area contributed by atoms with Crippen molar-refractivity contribution in [3.05, 3.63) is 59.0 Å². The molecule has 0 bridgehead atoms. The van der Waals surface area contributed by atoms with Crippen LogP contribution in [-0.4, -0.2) is 39.0 Å². The molecule has 148 valence electrons. The molecule has 6 nitrogen and oxygen atoms in total. The van der Waals surface area contributed by atoms with E-state index in [-0.39, 0.29) is 12.3 Å². The number of likely N-dealkylation sites (tertiary alicyclic amines) is 1. The summed E-state index contributed by atoms with van der Waals surface area (Å²) >= 11 is 0. The van der Waals surface area contributed by atoms with Gasteiger partial charge < -0.3 is 14.4 Å². The number of piperidine rings is 1. The number of nitrogens with zero attached hydrogens (tertiary/aromatic N) is 3. The summed E-state index contributed by atoms with van der Waals surface area (Å²) in [6, 6.07) is 12.2. The second-order valence-corrected chi connectivity index (χ2v) is 8.03. The SMILES string of the molecule is Cc1cc2onc(CC(=O)N3CCC(c4nc5ccccc5[nH]4)CC3)c2cc1C. The van der Waals surface area contributed by atoms with Gasteiger partial charge in [-0.1, -0.05) is 17.3 Å². The zero-order valence-corrected chi connectivity index (χ0v) is 16.7. The van der Waals surface area contributed by atoms with Crippen LogP contribution in [0.15, 0.2) is 40.9 Å². The quantitative estimate of drug-likeness (QED) is 0.569. The maximum atomic E-state index is 12.9. The van der Waals surface area contributed by atoms with Gasteiger partial charge in [-0.15, -0.1) is 0 Å². The molecule has 2 aromatic carbocycles. The molecule has 1 amide bonds. The Morgan fingerprint density at radius 3 is 2.72 bits per heavy atom. The number of rotatable bonds is 3. The highest BCUT2D eigenvalue weighted by atomic mass is 16.5. The van der Waals surface area contributed by atoms with Crippen molar-refractivity contribution < 1.29 is 9.32 Å². The number of H-pyrrole nitrogens is 1. The summed E-state index contributed by atoms with van der Waals surface area (Å²) < 4.78 is 5.44. The first kappa shape index (κ1) is 17.9. The van der Waals surface area contributed by atoms with Crippen LogP contribution >= 0.6 is 0 Å². The van der Waals surface area contributed by atoms with Crippen LogP contribution in [-0.2, 0) is 11.2 Å². The lowest BCUT2D eigenvalue weighted by Gasteiger charge is -2.31. The zero-order valence-electron chi connectivity index (χ0n) is 16.7. The predicted octanol–water partition coefficient (Wildman–Crippen LogP) is 4.27. The van der Waals surface area contributed by atoms with Gasteiger partial charge in [-0.3, -0.25) is 4.79 Å². The molecule has 1 N–H and O–H groups in total. The highest BCUT2D eigenvalue weighted by Gasteiger charge is 2.26. The minimum Gasteiger partial charge on any atom is -0.356 e. The number of nitrogens with one attached hydrogen (secondary N) is 1. The van der Waals surface area contributed by atoms with Gasteiger partial charge in [0.2, 0.25) is 5.91 Å².